The van der Waals surface area contributed by atoms with Crippen molar-refractivity contribution >= 4 is 22.9 Å². The molecule has 0 aliphatic heterocycles. The molecule has 0 unspecified atom stereocenters. The Kier molecular flexibility index (Phi) is 5.94. The van der Waals surface area contributed by atoms with Crippen LogP contribution in [0.15, 0.2) is 71.8 Å². The summed E-state index contributed by atoms with van der Waals surface area (Å²) in [6, 6.07) is 19.4. The van der Waals surface area contributed by atoms with E-state index in [1.165, 1.54) is 12.3 Å². The van der Waals surface area contributed by atoms with Crippen LogP contribution in [0.3, 0.4) is 0 Å². The van der Waals surface area contributed by atoms with Crippen LogP contribution in [-0.4, -0.2) is 25.3 Å². The predicted molar refractivity (Wildman–Crippen MR) is 98.3 cm³/mol. The van der Waals surface area contributed by atoms with Crippen molar-refractivity contribution < 1.29 is 23.0 Å². The molecule has 3 aromatic rings. The first kappa shape index (κ1) is 18.3. The van der Waals surface area contributed by atoms with E-state index in [2.05, 4.69) is 15.3 Å². The molecule has 0 aliphatic rings. The summed E-state index contributed by atoms with van der Waals surface area (Å²) >= 11 is 0. The molecule has 0 spiro atoms. The number of ether oxygens (including phenoxy) is 2. The second kappa shape index (κ2) is 8.75. The van der Waals surface area contributed by atoms with Gasteiger partial charge in [0.05, 0.1) is 6.21 Å². The van der Waals surface area contributed by atoms with E-state index in [1.54, 1.807) is 24.3 Å². The molecule has 0 saturated carbocycles. The summed E-state index contributed by atoms with van der Waals surface area (Å²) < 4.78 is 34.5. The highest BCUT2D eigenvalue weighted by Crippen LogP contribution is 2.20. The number of amides is 1. The largest absolute Gasteiger partial charge is 0.484 e. The number of hydrogen-bond donors (Lipinski definition) is 1. The zero-order chi connectivity index (χ0) is 19.1. The zero-order valence-electron chi connectivity index (χ0n) is 14.1. The van der Waals surface area contributed by atoms with E-state index in [-0.39, 0.29) is 12.4 Å². The topological polar surface area (TPSA) is 59.9 Å². The van der Waals surface area contributed by atoms with Gasteiger partial charge in [0.15, 0.2) is 6.61 Å². The van der Waals surface area contributed by atoms with Crippen LogP contribution in [0.4, 0.5) is 8.78 Å². The number of nitrogens with zero attached hydrogens (tertiary/aromatic N) is 1. The molecule has 27 heavy (non-hydrogen) atoms. The highest BCUT2D eigenvalue weighted by atomic mass is 19.3. The van der Waals surface area contributed by atoms with Gasteiger partial charge in [-0.15, -0.1) is 0 Å². The second-order valence-electron chi connectivity index (χ2n) is 5.51. The number of nitrogens with one attached hydrogen (secondary N) is 1. The van der Waals surface area contributed by atoms with E-state index in [9.17, 15) is 13.6 Å². The predicted octanol–water partition coefficient (Wildman–Crippen LogP) is 3.97. The van der Waals surface area contributed by atoms with Crippen molar-refractivity contribution in [1.82, 2.24) is 5.43 Å². The molecule has 3 aromatic carbocycles. The van der Waals surface area contributed by atoms with E-state index in [1.807, 2.05) is 36.4 Å². The number of benzene rings is 3. The molecule has 0 bridgehead atoms. The molecule has 0 atom stereocenters. The van der Waals surface area contributed by atoms with E-state index in [4.69, 9.17) is 4.74 Å². The molecule has 1 N–H and O–H groups in total. The number of hydrogen-bond acceptors (Lipinski definition) is 4. The number of para-hydroxylation sites is 1. The van der Waals surface area contributed by atoms with E-state index in [0.29, 0.717) is 11.3 Å². The van der Waals surface area contributed by atoms with Crippen LogP contribution in [0.25, 0.3) is 10.8 Å². The first-order valence-electron chi connectivity index (χ1n) is 8.09. The molecule has 3 rings (SSSR count). The van der Waals surface area contributed by atoms with Crippen molar-refractivity contribution in [3.05, 3.63) is 72.3 Å². The monoisotopic (exact) mass is 370 g/mol. The van der Waals surface area contributed by atoms with Crippen LogP contribution in [0.5, 0.6) is 11.5 Å². The quantitative estimate of drug-likeness (QED) is 0.506. The first-order valence-corrected chi connectivity index (χ1v) is 8.09. The average molecular weight is 370 g/mol. The summed E-state index contributed by atoms with van der Waals surface area (Å²) in [4.78, 5) is 11.8. The van der Waals surface area contributed by atoms with Gasteiger partial charge in [0.1, 0.15) is 11.5 Å². The van der Waals surface area contributed by atoms with Gasteiger partial charge in [-0.1, -0.05) is 42.5 Å². The van der Waals surface area contributed by atoms with Crippen LogP contribution < -0.4 is 14.9 Å². The molecule has 0 saturated heterocycles. The lowest BCUT2D eigenvalue weighted by atomic mass is 10.1. The van der Waals surface area contributed by atoms with Gasteiger partial charge in [0, 0.05) is 5.56 Å². The Morgan fingerprint density at radius 3 is 2.59 bits per heavy atom. The van der Waals surface area contributed by atoms with Gasteiger partial charge in [-0.25, -0.2) is 5.43 Å². The number of carbonyl (C=O) groups is 1. The Hall–Kier alpha value is -3.48. The van der Waals surface area contributed by atoms with Gasteiger partial charge in [-0.3, -0.25) is 4.79 Å². The Labute approximate surface area is 154 Å². The Balaban J connectivity index is 1.54. The molecule has 0 radical (unpaired) electrons. The molecule has 5 nitrogen and oxygen atoms in total. The molecular weight excluding hydrogens is 354 g/mol. The Morgan fingerprint density at radius 2 is 1.78 bits per heavy atom. The van der Waals surface area contributed by atoms with Crippen molar-refractivity contribution in [2.24, 2.45) is 5.10 Å². The lowest BCUT2D eigenvalue weighted by molar-refractivity contribution is -0.123. The standard InChI is InChI=1S/C20H16F2N2O3/c21-20(22)27-18-8-4-3-7-16(18)12-23-24-19(25)13-26-17-10-9-14-5-1-2-6-15(14)11-17/h1-12,20H,13H2,(H,24,25)/b23-12+. The minimum absolute atomic E-state index is 0.0297. The smallest absolute Gasteiger partial charge is 0.387 e. The van der Waals surface area contributed by atoms with Crippen molar-refractivity contribution in [1.29, 1.82) is 0 Å². The summed E-state index contributed by atoms with van der Waals surface area (Å²) in [5.74, 6) is 0.0492. The van der Waals surface area contributed by atoms with E-state index >= 15 is 0 Å². The fraction of sp³-hybridized carbons (Fsp3) is 0.100. The number of fused-ring (bicyclic) bond motifs is 1. The van der Waals surface area contributed by atoms with Crippen molar-refractivity contribution in [2.75, 3.05) is 6.61 Å². The number of hydrazone groups is 1. The molecule has 0 aliphatic carbocycles. The summed E-state index contributed by atoms with van der Waals surface area (Å²) in [5.41, 5.74) is 2.60. The molecule has 0 heterocycles. The Morgan fingerprint density at radius 1 is 1.04 bits per heavy atom. The van der Waals surface area contributed by atoms with E-state index in [0.717, 1.165) is 10.8 Å². The normalized spacial score (nSPS) is 11.1. The average Bonchev–Trinajstić information content (AvgIpc) is 2.67. The maximum absolute atomic E-state index is 12.4. The maximum atomic E-state index is 12.4. The lowest BCUT2D eigenvalue weighted by Gasteiger charge is -2.07. The van der Waals surface area contributed by atoms with Crippen LogP contribution in [0.1, 0.15) is 5.56 Å². The zero-order valence-corrected chi connectivity index (χ0v) is 14.1. The lowest BCUT2D eigenvalue weighted by Crippen LogP contribution is -2.24. The van der Waals surface area contributed by atoms with Crippen molar-refractivity contribution in [2.45, 2.75) is 6.61 Å². The van der Waals surface area contributed by atoms with Crippen LogP contribution in [0.2, 0.25) is 0 Å². The fourth-order valence-electron chi connectivity index (χ4n) is 2.40. The van der Waals surface area contributed by atoms with E-state index < -0.39 is 12.5 Å². The third kappa shape index (κ3) is 5.24. The van der Waals surface area contributed by atoms with Gasteiger partial charge in [-0.2, -0.15) is 13.9 Å². The molecule has 138 valence electrons. The van der Waals surface area contributed by atoms with Crippen LogP contribution in [-0.2, 0) is 4.79 Å². The SMILES string of the molecule is O=C(COc1ccc2ccccc2c1)N/N=C/c1ccccc1OC(F)F. The van der Waals surface area contributed by atoms with Crippen molar-refractivity contribution in [3.63, 3.8) is 0 Å². The number of halogens is 2. The number of alkyl halides is 2. The minimum Gasteiger partial charge on any atom is -0.484 e. The molecule has 0 fully saturated rings. The Bertz CT molecular complexity index is 961. The second-order valence-corrected chi connectivity index (χ2v) is 5.51. The van der Waals surface area contributed by atoms with Gasteiger partial charge < -0.3 is 9.47 Å². The molecule has 7 heteroatoms. The number of rotatable bonds is 7. The highest BCUT2D eigenvalue weighted by molar-refractivity contribution is 5.86. The third-order valence-corrected chi connectivity index (χ3v) is 3.62. The summed E-state index contributed by atoms with van der Waals surface area (Å²) in [5, 5.41) is 5.82. The molecule has 0 aromatic heterocycles. The van der Waals surface area contributed by atoms with Gasteiger partial charge in [-0.05, 0) is 35.0 Å². The minimum atomic E-state index is -2.94. The maximum Gasteiger partial charge on any atom is 0.387 e. The number of carbonyl (C=O) groups excluding carboxylic acids is 1. The van der Waals surface area contributed by atoms with Crippen LogP contribution in [0, 0.1) is 0 Å². The highest BCUT2D eigenvalue weighted by Gasteiger charge is 2.08. The summed E-state index contributed by atoms with van der Waals surface area (Å²) in [6.45, 7) is -3.17. The molecular formula is C20H16F2N2O3. The summed E-state index contributed by atoms with van der Waals surface area (Å²) in [6.07, 6.45) is 1.23. The first-order chi connectivity index (χ1) is 13.1. The van der Waals surface area contributed by atoms with Gasteiger partial charge in [0.25, 0.3) is 5.91 Å². The molecule has 1 amide bonds. The summed E-state index contributed by atoms with van der Waals surface area (Å²) in [7, 11) is 0. The van der Waals surface area contributed by atoms with Crippen LogP contribution >= 0.6 is 0 Å². The van der Waals surface area contributed by atoms with Crippen molar-refractivity contribution in [3.8, 4) is 11.5 Å². The van der Waals surface area contributed by atoms with Gasteiger partial charge in [0.2, 0.25) is 0 Å². The fourth-order valence-corrected chi connectivity index (χ4v) is 2.40. The van der Waals surface area contributed by atoms with Gasteiger partial charge >= 0.3 is 6.61 Å². The third-order valence-electron chi connectivity index (χ3n) is 3.62.